The molecule has 118 valence electrons. The lowest BCUT2D eigenvalue weighted by Gasteiger charge is -2.16. The second-order valence-corrected chi connectivity index (χ2v) is 5.39. The first-order chi connectivity index (χ1) is 9.90. The zero-order valence-corrected chi connectivity index (χ0v) is 12.3. The molecule has 0 bridgehead atoms. The maximum Gasteiger partial charge on any atom is 0.387 e. The van der Waals surface area contributed by atoms with E-state index in [9.17, 15) is 13.6 Å². The number of hydrogen-bond acceptors (Lipinski definition) is 3. The number of carbonyl (C=O) groups excluding carboxylic acids is 1. The van der Waals surface area contributed by atoms with Gasteiger partial charge in [0.05, 0.1) is 0 Å². The van der Waals surface area contributed by atoms with Gasteiger partial charge in [-0.05, 0) is 36.9 Å². The van der Waals surface area contributed by atoms with E-state index >= 15 is 0 Å². The lowest BCUT2D eigenvalue weighted by atomic mass is 9.94. The number of nitrogens with one attached hydrogen (secondary N) is 1. The van der Waals surface area contributed by atoms with E-state index < -0.39 is 6.61 Å². The lowest BCUT2D eigenvalue weighted by molar-refractivity contribution is -0.117. The summed E-state index contributed by atoms with van der Waals surface area (Å²) < 4.78 is 28.5. The number of alkyl halides is 2. The van der Waals surface area contributed by atoms with E-state index in [1.807, 2.05) is 0 Å². The standard InChI is InChI=1S/C15H22F2N2O2/c1-10(2)6-11(9-18)7-14(20)19-12-4-3-5-13(8-12)21-15(16)17/h3-5,8,10-11,15H,6-7,9,18H2,1-2H3,(H,19,20)/t11-/m0/s1. The third-order valence-corrected chi connectivity index (χ3v) is 2.96. The van der Waals surface area contributed by atoms with Gasteiger partial charge in [0.25, 0.3) is 0 Å². The zero-order valence-electron chi connectivity index (χ0n) is 12.3. The van der Waals surface area contributed by atoms with Crippen molar-refractivity contribution in [1.29, 1.82) is 0 Å². The second-order valence-electron chi connectivity index (χ2n) is 5.39. The van der Waals surface area contributed by atoms with Gasteiger partial charge >= 0.3 is 6.61 Å². The molecule has 4 nitrogen and oxygen atoms in total. The van der Waals surface area contributed by atoms with Crippen LogP contribution in [0.1, 0.15) is 26.7 Å². The number of rotatable bonds is 8. The Bertz CT molecular complexity index is 453. The number of halogens is 2. The molecule has 0 saturated carbocycles. The number of ether oxygens (including phenoxy) is 1. The van der Waals surface area contributed by atoms with E-state index in [4.69, 9.17) is 5.73 Å². The van der Waals surface area contributed by atoms with Crippen molar-refractivity contribution in [3.8, 4) is 5.75 Å². The minimum Gasteiger partial charge on any atom is -0.435 e. The topological polar surface area (TPSA) is 64.4 Å². The molecule has 0 aliphatic carbocycles. The monoisotopic (exact) mass is 300 g/mol. The smallest absolute Gasteiger partial charge is 0.387 e. The van der Waals surface area contributed by atoms with Gasteiger partial charge in [0, 0.05) is 18.2 Å². The van der Waals surface area contributed by atoms with Crippen molar-refractivity contribution in [2.24, 2.45) is 17.6 Å². The predicted molar refractivity (Wildman–Crippen MR) is 78.3 cm³/mol. The van der Waals surface area contributed by atoms with Gasteiger partial charge in [-0.15, -0.1) is 0 Å². The van der Waals surface area contributed by atoms with Crippen molar-refractivity contribution < 1.29 is 18.3 Å². The van der Waals surface area contributed by atoms with Crippen LogP contribution in [0, 0.1) is 11.8 Å². The molecule has 0 radical (unpaired) electrons. The maximum absolute atomic E-state index is 12.1. The highest BCUT2D eigenvalue weighted by molar-refractivity contribution is 5.91. The van der Waals surface area contributed by atoms with Crippen LogP contribution in [0.2, 0.25) is 0 Å². The Hall–Kier alpha value is -1.69. The third kappa shape index (κ3) is 7.04. The van der Waals surface area contributed by atoms with E-state index in [0.717, 1.165) is 6.42 Å². The molecule has 21 heavy (non-hydrogen) atoms. The van der Waals surface area contributed by atoms with Gasteiger partial charge < -0.3 is 15.8 Å². The molecule has 0 aliphatic heterocycles. The molecule has 0 unspecified atom stereocenters. The Morgan fingerprint density at radius 3 is 2.67 bits per heavy atom. The highest BCUT2D eigenvalue weighted by Gasteiger charge is 2.14. The Kier molecular flexibility index (Phi) is 7.08. The van der Waals surface area contributed by atoms with E-state index in [1.54, 1.807) is 12.1 Å². The first-order valence-corrected chi connectivity index (χ1v) is 6.95. The largest absolute Gasteiger partial charge is 0.435 e. The summed E-state index contributed by atoms with van der Waals surface area (Å²) in [4.78, 5) is 11.9. The zero-order chi connectivity index (χ0) is 15.8. The fourth-order valence-corrected chi connectivity index (χ4v) is 2.15. The van der Waals surface area contributed by atoms with Crippen molar-refractivity contribution in [1.82, 2.24) is 0 Å². The van der Waals surface area contributed by atoms with Gasteiger partial charge in [-0.25, -0.2) is 0 Å². The minimum absolute atomic E-state index is 0.0142. The molecule has 0 aromatic heterocycles. The highest BCUT2D eigenvalue weighted by atomic mass is 19.3. The van der Waals surface area contributed by atoms with E-state index in [-0.39, 0.29) is 17.6 Å². The molecule has 6 heteroatoms. The van der Waals surface area contributed by atoms with Gasteiger partial charge in [-0.2, -0.15) is 8.78 Å². The summed E-state index contributed by atoms with van der Waals surface area (Å²) in [5, 5.41) is 2.67. The summed E-state index contributed by atoms with van der Waals surface area (Å²) in [6.45, 7) is 1.71. The second kappa shape index (κ2) is 8.56. The van der Waals surface area contributed by atoms with Crippen LogP contribution in [0.4, 0.5) is 14.5 Å². The molecule has 0 saturated heterocycles. The molecule has 0 fully saturated rings. The Morgan fingerprint density at radius 2 is 2.10 bits per heavy atom. The average Bonchev–Trinajstić information content (AvgIpc) is 2.36. The molecule has 1 rings (SSSR count). The van der Waals surface area contributed by atoms with E-state index in [1.165, 1.54) is 12.1 Å². The summed E-state index contributed by atoms with van der Waals surface area (Å²) >= 11 is 0. The summed E-state index contributed by atoms with van der Waals surface area (Å²) in [7, 11) is 0. The summed E-state index contributed by atoms with van der Waals surface area (Å²) in [6.07, 6.45) is 1.19. The normalized spacial score (nSPS) is 12.5. The van der Waals surface area contributed by atoms with Crippen molar-refractivity contribution in [3.63, 3.8) is 0 Å². The van der Waals surface area contributed by atoms with E-state index in [0.29, 0.717) is 24.6 Å². The molecular weight excluding hydrogens is 278 g/mol. The number of carbonyl (C=O) groups is 1. The van der Waals surface area contributed by atoms with Gasteiger partial charge in [0.15, 0.2) is 0 Å². The van der Waals surface area contributed by atoms with Crippen LogP contribution >= 0.6 is 0 Å². The summed E-state index contributed by atoms with van der Waals surface area (Å²) in [6, 6.07) is 5.94. The highest BCUT2D eigenvalue weighted by Crippen LogP contribution is 2.20. The van der Waals surface area contributed by atoms with Gasteiger partial charge in [-0.1, -0.05) is 19.9 Å². The van der Waals surface area contributed by atoms with Crippen LogP contribution in [0.3, 0.4) is 0 Å². The molecule has 0 aliphatic rings. The number of benzene rings is 1. The number of amides is 1. The predicted octanol–water partition coefficient (Wildman–Crippen LogP) is 3.24. The van der Waals surface area contributed by atoms with Crippen molar-refractivity contribution in [2.75, 3.05) is 11.9 Å². The van der Waals surface area contributed by atoms with Crippen LogP contribution in [-0.2, 0) is 4.79 Å². The lowest BCUT2D eigenvalue weighted by Crippen LogP contribution is -2.23. The maximum atomic E-state index is 12.1. The van der Waals surface area contributed by atoms with Crippen molar-refractivity contribution in [2.45, 2.75) is 33.3 Å². The van der Waals surface area contributed by atoms with Gasteiger partial charge in [-0.3, -0.25) is 4.79 Å². The number of anilines is 1. The quantitative estimate of drug-likeness (QED) is 0.774. The summed E-state index contributed by atoms with van der Waals surface area (Å²) in [5.41, 5.74) is 6.09. The van der Waals surface area contributed by atoms with Crippen LogP contribution in [-0.4, -0.2) is 19.1 Å². The molecule has 1 aromatic carbocycles. The van der Waals surface area contributed by atoms with Gasteiger partial charge in [0.1, 0.15) is 5.75 Å². The van der Waals surface area contributed by atoms with Crippen LogP contribution in [0.5, 0.6) is 5.75 Å². The molecule has 0 heterocycles. The molecule has 1 aromatic rings. The molecular formula is C15H22F2N2O2. The first-order valence-electron chi connectivity index (χ1n) is 6.95. The molecule has 1 amide bonds. The molecule has 0 spiro atoms. The van der Waals surface area contributed by atoms with E-state index in [2.05, 4.69) is 23.9 Å². The SMILES string of the molecule is CC(C)C[C@H](CN)CC(=O)Nc1cccc(OC(F)F)c1. The van der Waals surface area contributed by atoms with Gasteiger partial charge in [0.2, 0.25) is 5.91 Å². The van der Waals surface area contributed by atoms with Crippen molar-refractivity contribution >= 4 is 11.6 Å². The molecule has 3 N–H and O–H groups in total. The van der Waals surface area contributed by atoms with Crippen LogP contribution in [0.25, 0.3) is 0 Å². The third-order valence-electron chi connectivity index (χ3n) is 2.96. The minimum atomic E-state index is -2.89. The Balaban J connectivity index is 2.57. The fraction of sp³-hybridized carbons (Fsp3) is 0.533. The number of nitrogens with two attached hydrogens (primary N) is 1. The summed E-state index contributed by atoms with van der Waals surface area (Å²) in [5.74, 6) is 0.417. The van der Waals surface area contributed by atoms with Crippen LogP contribution < -0.4 is 15.8 Å². The van der Waals surface area contributed by atoms with Crippen molar-refractivity contribution in [3.05, 3.63) is 24.3 Å². The van der Waals surface area contributed by atoms with Crippen LogP contribution in [0.15, 0.2) is 24.3 Å². The fourth-order valence-electron chi connectivity index (χ4n) is 2.15. The number of hydrogen-bond donors (Lipinski definition) is 2. The Labute approximate surface area is 123 Å². The Morgan fingerprint density at radius 1 is 1.38 bits per heavy atom. The molecule has 1 atom stereocenters. The first kappa shape index (κ1) is 17.4. The average molecular weight is 300 g/mol.